The van der Waals surface area contributed by atoms with E-state index in [9.17, 15) is 4.79 Å². The van der Waals surface area contributed by atoms with Crippen molar-refractivity contribution in [3.63, 3.8) is 0 Å². The lowest BCUT2D eigenvalue weighted by molar-refractivity contribution is 0.208. The third-order valence-corrected chi connectivity index (χ3v) is 4.18. The zero-order valence-electron chi connectivity index (χ0n) is 13.8. The first-order chi connectivity index (χ1) is 12.2. The van der Waals surface area contributed by atoms with E-state index in [2.05, 4.69) is 30.3 Å². The molecule has 25 heavy (non-hydrogen) atoms. The van der Waals surface area contributed by atoms with Gasteiger partial charge >= 0.3 is 6.03 Å². The fraction of sp³-hybridized carbons (Fsp3) is 0.312. The fourth-order valence-electron chi connectivity index (χ4n) is 2.85. The second-order valence-electron chi connectivity index (χ2n) is 5.85. The molecule has 1 fully saturated rings. The summed E-state index contributed by atoms with van der Waals surface area (Å²) in [6.07, 6.45) is 4.99. The van der Waals surface area contributed by atoms with Gasteiger partial charge in [-0.2, -0.15) is 5.10 Å². The third kappa shape index (κ3) is 3.21. The number of amides is 2. The molecule has 0 unspecified atom stereocenters. The number of fused-ring (bicyclic) bond motifs is 1. The number of hydrogen-bond acceptors (Lipinski definition) is 6. The highest BCUT2D eigenvalue weighted by molar-refractivity contribution is 5.89. The Morgan fingerprint density at radius 3 is 2.76 bits per heavy atom. The monoisotopic (exact) mass is 338 g/mol. The van der Waals surface area contributed by atoms with E-state index in [1.807, 2.05) is 25.1 Å². The van der Waals surface area contributed by atoms with Crippen LogP contribution in [-0.2, 0) is 0 Å². The number of rotatable bonds is 2. The minimum atomic E-state index is -0.113. The summed E-state index contributed by atoms with van der Waals surface area (Å²) in [7, 11) is 0. The first-order valence-electron chi connectivity index (χ1n) is 8.09. The topological polar surface area (TPSA) is 91.5 Å². The van der Waals surface area contributed by atoms with E-state index in [-0.39, 0.29) is 6.03 Å². The Morgan fingerprint density at radius 2 is 1.96 bits per heavy atom. The molecule has 0 bridgehead atoms. The van der Waals surface area contributed by atoms with Crippen molar-refractivity contribution in [1.82, 2.24) is 29.5 Å². The van der Waals surface area contributed by atoms with Crippen LogP contribution in [0.25, 0.3) is 5.65 Å². The average molecular weight is 338 g/mol. The van der Waals surface area contributed by atoms with Crippen LogP contribution in [0, 0.1) is 6.92 Å². The van der Waals surface area contributed by atoms with Crippen molar-refractivity contribution in [2.24, 2.45) is 0 Å². The maximum absolute atomic E-state index is 12.5. The molecule has 4 heterocycles. The van der Waals surface area contributed by atoms with Gasteiger partial charge in [0.15, 0.2) is 5.65 Å². The highest BCUT2D eigenvalue weighted by Gasteiger charge is 2.22. The van der Waals surface area contributed by atoms with Crippen molar-refractivity contribution in [3.05, 3.63) is 42.7 Å². The minimum absolute atomic E-state index is 0.113. The van der Waals surface area contributed by atoms with Gasteiger partial charge < -0.3 is 15.1 Å². The zero-order valence-corrected chi connectivity index (χ0v) is 13.8. The molecule has 128 valence electrons. The number of anilines is 2. The molecule has 4 rings (SSSR count). The molecule has 9 heteroatoms. The standard InChI is InChI=1S/C16H18N8O/c1-12-17-5-4-15(20-12)22-6-8-23(9-7-22)16(25)21-13-2-3-14-18-11-19-24(14)10-13/h2-5,10-11H,6-9H2,1H3,(H,21,25). The summed E-state index contributed by atoms with van der Waals surface area (Å²) in [5.41, 5.74) is 1.43. The SMILES string of the molecule is Cc1nccc(N2CCN(C(=O)Nc3ccc4ncnn4c3)CC2)n1. The largest absolute Gasteiger partial charge is 0.353 e. The first kappa shape index (κ1) is 15.3. The van der Waals surface area contributed by atoms with Crippen molar-refractivity contribution in [2.45, 2.75) is 6.92 Å². The molecule has 0 aliphatic carbocycles. The Kier molecular flexibility index (Phi) is 3.88. The molecule has 0 atom stereocenters. The Hall–Kier alpha value is -3.23. The van der Waals surface area contributed by atoms with Crippen molar-refractivity contribution in [2.75, 3.05) is 36.4 Å². The summed E-state index contributed by atoms with van der Waals surface area (Å²) in [4.78, 5) is 29.1. The number of nitrogens with zero attached hydrogens (tertiary/aromatic N) is 7. The Balaban J connectivity index is 1.37. The van der Waals surface area contributed by atoms with Crippen LogP contribution >= 0.6 is 0 Å². The van der Waals surface area contributed by atoms with Crippen molar-refractivity contribution < 1.29 is 4.79 Å². The lowest BCUT2D eigenvalue weighted by Crippen LogP contribution is -2.50. The Bertz CT molecular complexity index is 900. The number of pyridine rings is 1. The van der Waals surface area contributed by atoms with E-state index in [1.54, 1.807) is 21.8 Å². The van der Waals surface area contributed by atoms with Crippen LogP contribution in [0.4, 0.5) is 16.3 Å². The number of carbonyl (C=O) groups is 1. The summed E-state index contributed by atoms with van der Waals surface area (Å²) in [6, 6.07) is 5.42. The highest BCUT2D eigenvalue weighted by Crippen LogP contribution is 2.14. The molecule has 1 aliphatic rings. The molecule has 0 radical (unpaired) electrons. The molecule has 9 nitrogen and oxygen atoms in total. The maximum Gasteiger partial charge on any atom is 0.322 e. The highest BCUT2D eigenvalue weighted by atomic mass is 16.2. The molecule has 2 amide bonds. The Labute approximate surface area is 144 Å². The van der Waals surface area contributed by atoms with Crippen LogP contribution in [0.3, 0.4) is 0 Å². The summed E-state index contributed by atoms with van der Waals surface area (Å²) >= 11 is 0. The second kappa shape index (κ2) is 6.34. The van der Waals surface area contributed by atoms with Gasteiger partial charge in [-0.05, 0) is 25.1 Å². The molecule has 1 N–H and O–H groups in total. The minimum Gasteiger partial charge on any atom is -0.353 e. The number of aromatic nitrogens is 5. The average Bonchev–Trinajstić information content (AvgIpc) is 3.09. The van der Waals surface area contributed by atoms with Gasteiger partial charge in [0.25, 0.3) is 0 Å². The quantitative estimate of drug-likeness (QED) is 0.754. The van der Waals surface area contributed by atoms with Crippen LogP contribution in [-0.4, -0.2) is 61.7 Å². The van der Waals surface area contributed by atoms with E-state index in [1.165, 1.54) is 6.33 Å². The summed E-state index contributed by atoms with van der Waals surface area (Å²) in [5.74, 6) is 1.66. The molecule has 0 spiro atoms. The predicted octanol–water partition coefficient (Wildman–Crippen LogP) is 1.18. The number of nitrogens with one attached hydrogen (secondary N) is 1. The van der Waals surface area contributed by atoms with Gasteiger partial charge in [-0.15, -0.1) is 0 Å². The third-order valence-electron chi connectivity index (χ3n) is 4.18. The normalized spacial score (nSPS) is 14.8. The lowest BCUT2D eigenvalue weighted by Gasteiger charge is -2.35. The molecule has 1 aliphatic heterocycles. The predicted molar refractivity (Wildman–Crippen MR) is 92.6 cm³/mol. The van der Waals surface area contributed by atoms with Crippen LogP contribution < -0.4 is 10.2 Å². The van der Waals surface area contributed by atoms with Crippen LogP contribution in [0.2, 0.25) is 0 Å². The molecule has 0 aromatic carbocycles. The van der Waals surface area contributed by atoms with Gasteiger partial charge in [0.2, 0.25) is 0 Å². The molecule has 1 saturated heterocycles. The fourth-order valence-corrected chi connectivity index (χ4v) is 2.85. The number of piperazine rings is 1. The summed E-state index contributed by atoms with van der Waals surface area (Å²) in [5, 5.41) is 6.98. The van der Waals surface area contributed by atoms with Gasteiger partial charge in [0.1, 0.15) is 18.0 Å². The summed E-state index contributed by atoms with van der Waals surface area (Å²) < 4.78 is 1.63. The van der Waals surface area contributed by atoms with Gasteiger partial charge in [0, 0.05) is 32.4 Å². The smallest absolute Gasteiger partial charge is 0.322 e. The van der Waals surface area contributed by atoms with E-state index in [4.69, 9.17) is 0 Å². The van der Waals surface area contributed by atoms with E-state index < -0.39 is 0 Å². The van der Waals surface area contributed by atoms with Crippen molar-refractivity contribution >= 4 is 23.2 Å². The second-order valence-corrected chi connectivity index (χ2v) is 5.85. The number of hydrogen-bond donors (Lipinski definition) is 1. The lowest BCUT2D eigenvalue weighted by atomic mass is 10.3. The summed E-state index contributed by atoms with van der Waals surface area (Å²) in [6.45, 7) is 4.64. The maximum atomic E-state index is 12.5. The molecular weight excluding hydrogens is 320 g/mol. The first-order valence-corrected chi connectivity index (χ1v) is 8.09. The Morgan fingerprint density at radius 1 is 1.12 bits per heavy atom. The molecular formula is C16H18N8O. The zero-order chi connectivity index (χ0) is 17.2. The molecule has 3 aromatic heterocycles. The van der Waals surface area contributed by atoms with Gasteiger partial charge in [-0.1, -0.05) is 0 Å². The van der Waals surface area contributed by atoms with Crippen LogP contribution in [0.1, 0.15) is 5.82 Å². The van der Waals surface area contributed by atoms with E-state index in [0.717, 1.165) is 30.4 Å². The van der Waals surface area contributed by atoms with Gasteiger partial charge in [0.05, 0.1) is 11.9 Å². The number of carbonyl (C=O) groups excluding carboxylic acids is 1. The van der Waals surface area contributed by atoms with Crippen LogP contribution in [0.15, 0.2) is 36.9 Å². The van der Waals surface area contributed by atoms with Gasteiger partial charge in [-0.3, -0.25) is 0 Å². The van der Waals surface area contributed by atoms with Crippen LogP contribution in [0.5, 0.6) is 0 Å². The molecule has 0 saturated carbocycles. The number of urea groups is 1. The van der Waals surface area contributed by atoms with Crippen molar-refractivity contribution in [1.29, 1.82) is 0 Å². The van der Waals surface area contributed by atoms with E-state index in [0.29, 0.717) is 18.8 Å². The van der Waals surface area contributed by atoms with E-state index >= 15 is 0 Å². The molecule has 3 aromatic rings. The van der Waals surface area contributed by atoms with Gasteiger partial charge in [-0.25, -0.2) is 24.3 Å². The number of aryl methyl sites for hydroxylation is 1. The van der Waals surface area contributed by atoms with Crippen molar-refractivity contribution in [3.8, 4) is 0 Å².